The quantitative estimate of drug-likeness (QED) is 0.908. The number of carbonyl (C=O) groups is 1. The topological polar surface area (TPSA) is 45.2 Å². The Bertz CT molecular complexity index is 416. The summed E-state index contributed by atoms with van der Waals surface area (Å²) in [6.45, 7) is 2.94. The molecule has 1 aliphatic heterocycles. The largest absolute Gasteiger partial charge is 0.352 e. The van der Waals surface area contributed by atoms with Crippen LogP contribution in [-0.4, -0.2) is 42.5 Å². The highest BCUT2D eigenvalue weighted by molar-refractivity contribution is 6.33. The summed E-state index contributed by atoms with van der Waals surface area (Å²) < 4.78 is 0. The molecule has 1 N–H and O–H groups in total. The van der Waals surface area contributed by atoms with Gasteiger partial charge in [0, 0.05) is 18.9 Å². The number of piperidine rings is 1. The van der Waals surface area contributed by atoms with Gasteiger partial charge in [0.15, 0.2) is 0 Å². The van der Waals surface area contributed by atoms with Gasteiger partial charge in [-0.25, -0.2) is 0 Å². The zero-order valence-corrected chi connectivity index (χ0v) is 11.3. The van der Waals surface area contributed by atoms with Crippen molar-refractivity contribution in [2.75, 3.05) is 26.7 Å². The molecule has 18 heavy (non-hydrogen) atoms. The van der Waals surface area contributed by atoms with E-state index in [-0.39, 0.29) is 5.91 Å². The molecule has 2 rings (SSSR count). The maximum Gasteiger partial charge on any atom is 0.252 e. The van der Waals surface area contributed by atoms with Gasteiger partial charge in [-0.1, -0.05) is 11.6 Å². The third-order valence-corrected chi connectivity index (χ3v) is 3.71. The Morgan fingerprint density at radius 3 is 2.94 bits per heavy atom. The fourth-order valence-corrected chi connectivity index (χ4v) is 2.36. The van der Waals surface area contributed by atoms with Crippen LogP contribution < -0.4 is 5.32 Å². The first kappa shape index (κ1) is 13.3. The highest BCUT2D eigenvalue weighted by atomic mass is 35.5. The van der Waals surface area contributed by atoms with Crippen LogP contribution in [0.3, 0.4) is 0 Å². The van der Waals surface area contributed by atoms with Gasteiger partial charge in [0.1, 0.15) is 0 Å². The number of hydrogen-bond acceptors (Lipinski definition) is 3. The normalized spacial score (nSPS) is 17.7. The van der Waals surface area contributed by atoms with Crippen molar-refractivity contribution < 1.29 is 4.79 Å². The van der Waals surface area contributed by atoms with E-state index < -0.39 is 0 Å². The summed E-state index contributed by atoms with van der Waals surface area (Å²) >= 11 is 5.93. The lowest BCUT2D eigenvalue weighted by molar-refractivity contribution is 0.0939. The number of likely N-dealkylation sites (tertiary alicyclic amines) is 1. The Balaban J connectivity index is 1.84. The maximum atomic E-state index is 11.9. The molecule has 0 aromatic carbocycles. The van der Waals surface area contributed by atoms with Crippen LogP contribution in [0.25, 0.3) is 0 Å². The molecule has 0 unspecified atom stereocenters. The van der Waals surface area contributed by atoms with E-state index in [2.05, 4.69) is 22.2 Å². The molecule has 98 valence electrons. The van der Waals surface area contributed by atoms with Gasteiger partial charge in [-0.3, -0.25) is 9.78 Å². The molecule has 2 heterocycles. The van der Waals surface area contributed by atoms with Crippen molar-refractivity contribution in [2.45, 2.75) is 12.8 Å². The molecule has 1 amide bonds. The van der Waals surface area contributed by atoms with E-state index in [1.54, 1.807) is 12.3 Å². The van der Waals surface area contributed by atoms with Crippen molar-refractivity contribution in [3.8, 4) is 0 Å². The molecule has 1 fully saturated rings. The number of hydrogen-bond donors (Lipinski definition) is 1. The molecule has 1 aliphatic rings. The fraction of sp³-hybridized carbons (Fsp3) is 0.538. The summed E-state index contributed by atoms with van der Waals surface area (Å²) in [5, 5.41) is 3.36. The highest BCUT2D eigenvalue weighted by Crippen LogP contribution is 2.16. The van der Waals surface area contributed by atoms with Crippen LogP contribution in [0, 0.1) is 5.92 Å². The standard InChI is InChI=1S/C13H18ClN3O/c1-17-6-3-10(4-7-17)8-16-13(18)11-2-5-15-9-12(11)14/h2,5,9-10H,3-4,6-8H2,1H3,(H,16,18). The average molecular weight is 268 g/mol. The second-order valence-corrected chi connectivity index (χ2v) is 5.22. The van der Waals surface area contributed by atoms with Crippen LogP contribution >= 0.6 is 11.6 Å². The molecule has 0 aliphatic carbocycles. The summed E-state index contributed by atoms with van der Waals surface area (Å²) in [7, 11) is 2.13. The smallest absolute Gasteiger partial charge is 0.252 e. The Labute approximate surface area is 112 Å². The Morgan fingerprint density at radius 1 is 1.56 bits per heavy atom. The highest BCUT2D eigenvalue weighted by Gasteiger charge is 2.18. The second kappa shape index (κ2) is 6.16. The van der Waals surface area contributed by atoms with Crippen LogP contribution in [0.5, 0.6) is 0 Å². The molecule has 0 spiro atoms. The second-order valence-electron chi connectivity index (χ2n) is 4.81. The molecular weight excluding hydrogens is 250 g/mol. The number of amides is 1. The molecule has 5 heteroatoms. The first-order chi connectivity index (χ1) is 8.66. The van der Waals surface area contributed by atoms with Crippen LogP contribution in [0.15, 0.2) is 18.5 Å². The average Bonchev–Trinajstić information content (AvgIpc) is 2.38. The van der Waals surface area contributed by atoms with Gasteiger partial charge in [0.05, 0.1) is 10.6 Å². The SMILES string of the molecule is CN1CCC(CNC(=O)c2ccncc2Cl)CC1. The van der Waals surface area contributed by atoms with E-state index in [0.29, 0.717) is 16.5 Å². The molecule has 1 saturated heterocycles. The summed E-state index contributed by atoms with van der Waals surface area (Å²) in [6.07, 6.45) is 5.35. The number of aromatic nitrogens is 1. The van der Waals surface area contributed by atoms with Gasteiger partial charge in [-0.05, 0) is 45.0 Å². The molecule has 0 radical (unpaired) electrons. The van der Waals surface area contributed by atoms with Crippen molar-refractivity contribution in [2.24, 2.45) is 5.92 Å². The fourth-order valence-electron chi connectivity index (χ4n) is 2.16. The van der Waals surface area contributed by atoms with Crippen LogP contribution in [0.4, 0.5) is 0 Å². The number of nitrogens with zero attached hydrogens (tertiary/aromatic N) is 2. The number of carbonyl (C=O) groups excluding carboxylic acids is 1. The van der Waals surface area contributed by atoms with E-state index in [4.69, 9.17) is 11.6 Å². The predicted molar refractivity (Wildman–Crippen MR) is 71.8 cm³/mol. The summed E-state index contributed by atoms with van der Waals surface area (Å²) in [5.74, 6) is 0.465. The molecule has 0 bridgehead atoms. The van der Waals surface area contributed by atoms with Gasteiger partial charge in [-0.15, -0.1) is 0 Å². The van der Waals surface area contributed by atoms with Crippen LogP contribution in [0.2, 0.25) is 5.02 Å². The molecule has 0 saturated carbocycles. The van der Waals surface area contributed by atoms with Crippen LogP contribution in [-0.2, 0) is 0 Å². The lowest BCUT2D eigenvalue weighted by Gasteiger charge is -2.28. The van der Waals surface area contributed by atoms with Crippen molar-refractivity contribution in [1.29, 1.82) is 0 Å². The van der Waals surface area contributed by atoms with Crippen molar-refractivity contribution in [3.05, 3.63) is 29.0 Å². The van der Waals surface area contributed by atoms with E-state index in [1.807, 2.05) is 0 Å². The lowest BCUT2D eigenvalue weighted by Crippen LogP contribution is -2.36. The molecule has 1 aromatic heterocycles. The monoisotopic (exact) mass is 267 g/mol. The maximum absolute atomic E-state index is 11.9. The third-order valence-electron chi connectivity index (χ3n) is 3.41. The Hall–Kier alpha value is -1.13. The van der Waals surface area contributed by atoms with Gasteiger partial charge >= 0.3 is 0 Å². The number of pyridine rings is 1. The van der Waals surface area contributed by atoms with Crippen molar-refractivity contribution >= 4 is 17.5 Å². The van der Waals surface area contributed by atoms with Gasteiger partial charge < -0.3 is 10.2 Å². The molecular formula is C13H18ClN3O. The summed E-state index contributed by atoms with van der Waals surface area (Å²) in [6, 6.07) is 1.65. The van der Waals surface area contributed by atoms with Gasteiger partial charge in [0.25, 0.3) is 5.91 Å². The molecule has 0 atom stereocenters. The minimum absolute atomic E-state index is 0.110. The lowest BCUT2D eigenvalue weighted by atomic mass is 9.97. The minimum atomic E-state index is -0.110. The number of halogens is 1. The van der Waals surface area contributed by atoms with Crippen molar-refractivity contribution in [3.63, 3.8) is 0 Å². The first-order valence-electron chi connectivity index (χ1n) is 6.23. The predicted octanol–water partition coefficient (Wildman–Crippen LogP) is 1.81. The number of rotatable bonds is 3. The van der Waals surface area contributed by atoms with Crippen molar-refractivity contribution in [1.82, 2.24) is 15.2 Å². The zero-order chi connectivity index (χ0) is 13.0. The van der Waals surface area contributed by atoms with E-state index in [9.17, 15) is 4.79 Å². The van der Waals surface area contributed by atoms with E-state index >= 15 is 0 Å². The van der Waals surface area contributed by atoms with E-state index in [0.717, 1.165) is 32.5 Å². The Morgan fingerprint density at radius 2 is 2.28 bits per heavy atom. The van der Waals surface area contributed by atoms with Gasteiger partial charge in [-0.2, -0.15) is 0 Å². The first-order valence-corrected chi connectivity index (χ1v) is 6.61. The number of nitrogens with one attached hydrogen (secondary N) is 1. The summed E-state index contributed by atoms with van der Waals surface area (Å²) in [4.78, 5) is 18.1. The summed E-state index contributed by atoms with van der Waals surface area (Å²) in [5.41, 5.74) is 0.500. The Kier molecular flexibility index (Phi) is 4.55. The van der Waals surface area contributed by atoms with Gasteiger partial charge in [0.2, 0.25) is 0 Å². The zero-order valence-electron chi connectivity index (χ0n) is 10.5. The van der Waals surface area contributed by atoms with Crippen LogP contribution in [0.1, 0.15) is 23.2 Å². The minimum Gasteiger partial charge on any atom is -0.352 e. The van der Waals surface area contributed by atoms with E-state index in [1.165, 1.54) is 6.20 Å². The molecule has 1 aromatic rings. The molecule has 4 nitrogen and oxygen atoms in total. The third kappa shape index (κ3) is 3.43.